The Balaban J connectivity index is 1.65. The van der Waals surface area contributed by atoms with Crippen LogP contribution in [0, 0.1) is 5.92 Å². The van der Waals surface area contributed by atoms with Gasteiger partial charge in [-0.2, -0.15) is 0 Å². The summed E-state index contributed by atoms with van der Waals surface area (Å²) in [5.41, 5.74) is 1.60. The Morgan fingerprint density at radius 1 is 1.06 bits per heavy atom. The molecule has 2 N–H and O–H groups in total. The van der Waals surface area contributed by atoms with Crippen LogP contribution in [-0.2, 0) is 9.59 Å². The largest absolute Gasteiger partial charge is 0.494 e. The molecule has 31 heavy (non-hydrogen) atoms. The van der Waals surface area contributed by atoms with Crippen molar-refractivity contribution in [3.05, 3.63) is 54.1 Å². The molecule has 1 atom stereocenters. The number of hydrogen-bond donors (Lipinski definition) is 2. The number of carbonyl (C=O) groups excluding carboxylic acids is 3. The van der Waals surface area contributed by atoms with Crippen molar-refractivity contribution in [1.82, 2.24) is 5.32 Å². The van der Waals surface area contributed by atoms with E-state index in [2.05, 4.69) is 10.6 Å². The molecule has 0 bridgehead atoms. The van der Waals surface area contributed by atoms with Gasteiger partial charge in [0.15, 0.2) is 0 Å². The van der Waals surface area contributed by atoms with Crippen molar-refractivity contribution in [2.75, 3.05) is 29.9 Å². The van der Waals surface area contributed by atoms with E-state index < -0.39 is 5.92 Å². The van der Waals surface area contributed by atoms with Crippen molar-refractivity contribution in [3.8, 4) is 5.75 Å². The minimum absolute atomic E-state index is 0.101. The van der Waals surface area contributed by atoms with Crippen LogP contribution in [0.1, 0.15) is 43.5 Å². The van der Waals surface area contributed by atoms with Gasteiger partial charge in [0.1, 0.15) is 5.75 Å². The molecule has 1 aliphatic rings. The van der Waals surface area contributed by atoms with Crippen LogP contribution in [-0.4, -0.2) is 37.4 Å². The lowest BCUT2D eigenvalue weighted by Crippen LogP contribution is -2.29. The number of nitrogens with zero attached hydrogens (tertiary/aromatic N) is 1. The highest BCUT2D eigenvalue weighted by molar-refractivity contribution is 6.07. The van der Waals surface area contributed by atoms with Crippen LogP contribution in [0.15, 0.2) is 48.5 Å². The van der Waals surface area contributed by atoms with Crippen molar-refractivity contribution in [1.29, 1.82) is 0 Å². The number of hydrogen-bond acceptors (Lipinski definition) is 4. The van der Waals surface area contributed by atoms with Crippen molar-refractivity contribution < 1.29 is 19.1 Å². The zero-order valence-electron chi connectivity index (χ0n) is 18.0. The van der Waals surface area contributed by atoms with Crippen LogP contribution in [0.4, 0.5) is 11.4 Å². The van der Waals surface area contributed by atoms with Gasteiger partial charge in [-0.15, -0.1) is 0 Å². The number of ether oxygens (including phenoxy) is 1. The van der Waals surface area contributed by atoms with E-state index in [4.69, 9.17) is 4.74 Å². The molecule has 0 unspecified atom stereocenters. The second kappa shape index (κ2) is 10.6. The number of para-hydroxylation sites is 1. The molecule has 0 radical (unpaired) electrons. The zero-order valence-corrected chi connectivity index (χ0v) is 18.0. The maximum Gasteiger partial charge on any atom is 0.253 e. The highest BCUT2D eigenvalue weighted by Gasteiger charge is 2.35. The fraction of sp³-hybridized carbons (Fsp3) is 0.375. The Kier molecular flexibility index (Phi) is 7.65. The minimum atomic E-state index is -0.490. The quantitative estimate of drug-likeness (QED) is 0.645. The van der Waals surface area contributed by atoms with Gasteiger partial charge in [0.2, 0.25) is 11.8 Å². The normalized spacial score (nSPS) is 15.6. The smallest absolute Gasteiger partial charge is 0.253 e. The van der Waals surface area contributed by atoms with Crippen molar-refractivity contribution >= 4 is 29.1 Å². The maximum atomic E-state index is 12.9. The second-order valence-corrected chi connectivity index (χ2v) is 7.54. The lowest BCUT2D eigenvalue weighted by atomic mass is 10.1. The summed E-state index contributed by atoms with van der Waals surface area (Å²) in [6.45, 7) is 5.52. The Hall–Kier alpha value is -3.35. The summed E-state index contributed by atoms with van der Waals surface area (Å²) < 4.78 is 5.58. The first-order valence-electron chi connectivity index (χ1n) is 10.7. The summed E-state index contributed by atoms with van der Waals surface area (Å²) in [6.07, 6.45) is 1.88. The van der Waals surface area contributed by atoms with Gasteiger partial charge < -0.3 is 20.3 Å². The molecule has 1 fully saturated rings. The first-order valence-corrected chi connectivity index (χ1v) is 10.7. The van der Waals surface area contributed by atoms with Gasteiger partial charge in [-0.25, -0.2) is 0 Å². The average molecular weight is 424 g/mol. The third-order valence-corrected chi connectivity index (χ3v) is 5.08. The molecule has 3 amide bonds. The highest BCUT2D eigenvalue weighted by atomic mass is 16.5. The van der Waals surface area contributed by atoms with E-state index in [1.807, 2.05) is 38.1 Å². The van der Waals surface area contributed by atoms with Crippen molar-refractivity contribution in [2.45, 2.75) is 33.1 Å². The molecule has 164 valence electrons. The van der Waals surface area contributed by atoms with E-state index in [0.29, 0.717) is 30.9 Å². The summed E-state index contributed by atoms with van der Waals surface area (Å²) >= 11 is 0. The predicted octanol–water partition coefficient (Wildman–Crippen LogP) is 3.61. The molecular weight excluding hydrogens is 394 g/mol. The number of amides is 3. The van der Waals surface area contributed by atoms with E-state index in [0.717, 1.165) is 24.3 Å². The topological polar surface area (TPSA) is 87.7 Å². The summed E-state index contributed by atoms with van der Waals surface area (Å²) in [5, 5.41) is 5.66. The third kappa shape index (κ3) is 5.63. The monoisotopic (exact) mass is 423 g/mol. The summed E-state index contributed by atoms with van der Waals surface area (Å²) in [5.74, 6) is -0.335. The van der Waals surface area contributed by atoms with Gasteiger partial charge in [-0.3, -0.25) is 14.4 Å². The molecule has 7 heteroatoms. The molecular formula is C24H29N3O4. The molecule has 1 heterocycles. The van der Waals surface area contributed by atoms with Gasteiger partial charge in [0, 0.05) is 25.2 Å². The van der Waals surface area contributed by atoms with E-state index in [1.54, 1.807) is 29.2 Å². The number of benzene rings is 2. The van der Waals surface area contributed by atoms with Crippen molar-refractivity contribution in [2.24, 2.45) is 5.92 Å². The lowest BCUT2D eigenvalue weighted by molar-refractivity contribution is -0.122. The van der Waals surface area contributed by atoms with Gasteiger partial charge in [-0.1, -0.05) is 26.0 Å². The maximum absolute atomic E-state index is 12.9. The summed E-state index contributed by atoms with van der Waals surface area (Å²) in [4.78, 5) is 39.4. The number of anilines is 2. The third-order valence-electron chi connectivity index (χ3n) is 5.08. The molecule has 0 aliphatic carbocycles. The molecule has 1 aliphatic heterocycles. The molecule has 2 aromatic carbocycles. The van der Waals surface area contributed by atoms with Crippen LogP contribution in [0.2, 0.25) is 0 Å². The predicted molar refractivity (Wildman–Crippen MR) is 120 cm³/mol. The number of nitrogens with one attached hydrogen (secondary N) is 2. The van der Waals surface area contributed by atoms with Crippen molar-refractivity contribution in [3.63, 3.8) is 0 Å². The second-order valence-electron chi connectivity index (χ2n) is 7.54. The van der Waals surface area contributed by atoms with Crippen LogP contribution in [0.5, 0.6) is 5.75 Å². The summed E-state index contributed by atoms with van der Waals surface area (Å²) in [6, 6.07) is 14.2. The van der Waals surface area contributed by atoms with Crippen LogP contribution >= 0.6 is 0 Å². The van der Waals surface area contributed by atoms with Crippen LogP contribution < -0.4 is 20.3 Å². The molecule has 0 aromatic heterocycles. The fourth-order valence-electron chi connectivity index (χ4n) is 3.43. The summed E-state index contributed by atoms with van der Waals surface area (Å²) in [7, 11) is 0. The molecule has 0 spiro atoms. The molecule has 7 nitrogen and oxygen atoms in total. The van der Waals surface area contributed by atoms with E-state index in [1.165, 1.54) is 0 Å². The first-order chi connectivity index (χ1) is 15.0. The Morgan fingerprint density at radius 3 is 2.52 bits per heavy atom. The molecule has 3 rings (SSSR count). The first kappa shape index (κ1) is 22.3. The highest BCUT2D eigenvalue weighted by Crippen LogP contribution is 2.28. The SMILES string of the molecule is CCCNC(=O)c1ccccc1NC(=O)[C@@H]1CC(=O)N(c2ccc(OCCC)cc2)C1. The van der Waals surface area contributed by atoms with E-state index in [-0.39, 0.29) is 24.1 Å². The molecule has 0 saturated carbocycles. The molecule has 1 saturated heterocycles. The van der Waals surface area contributed by atoms with E-state index in [9.17, 15) is 14.4 Å². The Labute approximate surface area is 182 Å². The number of carbonyl (C=O) groups is 3. The van der Waals surface area contributed by atoms with Gasteiger partial charge in [0.05, 0.1) is 23.8 Å². The number of rotatable bonds is 9. The van der Waals surface area contributed by atoms with E-state index >= 15 is 0 Å². The zero-order chi connectivity index (χ0) is 22.2. The standard InChI is InChI=1S/C24H29N3O4/c1-3-13-25-24(30)20-7-5-6-8-21(20)26-23(29)17-15-22(28)27(16-17)18-9-11-19(12-10-18)31-14-4-2/h5-12,17H,3-4,13-16H2,1-2H3,(H,25,30)(H,26,29)/t17-/m1/s1. The lowest BCUT2D eigenvalue weighted by Gasteiger charge is -2.18. The fourth-order valence-corrected chi connectivity index (χ4v) is 3.43. The van der Waals surface area contributed by atoms with Gasteiger partial charge in [-0.05, 0) is 49.2 Å². The average Bonchev–Trinajstić information content (AvgIpc) is 3.18. The minimum Gasteiger partial charge on any atom is -0.494 e. The molecule has 2 aromatic rings. The Morgan fingerprint density at radius 2 is 1.81 bits per heavy atom. The van der Waals surface area contributed by atoms with Crippen LogP contribution in [0.3, 0.4) is 0 Å². The van der Waals surface area contributed by atoms with Crippen LogP contribution in [0.25, 0.3) is 0 Å². The van der Waals surface area contributed by atoms with Gasteiger partial charge in [0.25, 0.3) is 5.91 Å². The Bertz CT molecular complexity index is 927. The van der Waals surface area contributed by atoms with Gasteiger partial charge >= 0.3 is 0 Å².